The maximum absolute atomic E-state index is 13.0. The van der Waals surface area contributed by atoms with Gasteiger partial charge in [0.25, 0.3) is 0 Å². The molecule has 0 saturated heterocycles. The summed E-state index contributed by atoms with van der Waals surface area (Å²) in [5.41, 5.74) is 0.919. The van der Waals surface area contributed by atoms with Crippen molar-refractivity contribution < 1.29 is 29.2 Å². The fourth-order valence-electron chi connectivity index (χ4n) is 4.52. The summed E-state index contributed by atoms with van der Waals surface area (Å²) in [4.78, 5) is 28.7. The van der Waals surface area contributed by atoms with Crippen LogP contribution in [0.4, 0.5) is 5.69 Å². The molecule has 0 radical (unpaired) electrons. The average Bonchev–Trinajstić information content (AvgIpc) is 3.35. The molecule has 1 aliphatic carbocycles. The van der Waals surface area contributed by atoms with Crippen LogP contribution in [0.2, 0.25) is 0 Å². The summed E-state index contributed by atoms with van der Waals surface area (Å²) >= 11 is 0. The summed E-state index contributed by atoms with van der Waals surface area (Å²) in [6.07, 6.45) is 5.49. The minimum atomic E-state index is -1.11. The van der Waals surface area contributed by atoms with Crippen LogP contribution in [-0.4, -0.2) is 40.6 Å². The van der Waals surface area contributed by atoms with Crippen molar-refractivity contribution in [2.45, 2.75) is 57.1 Å². The van der Waals surface area contributed by atoms with Crippen LogP contribution in [0.1, 0.15) is 61.0 Å². The number of carboxylic acids is 1. The number of aromatic nitrogens is 1. The molecule has 0 spiro atoms. The van der Waals surface area contributed by atoms with E-state index in [1.54, 1.807) is 30.3 Å². The number of carbonyl (C=O) groups excluding carboxylic acids is 1. The Hall–Kier alpha value is -2.97. The molecule has 164 valence electrons. The second-order valence-corrected chi connectivity index (χ2v) is 7.97. The monoisotopic (exact) mass is 426 g/mol. The second-order valence-electron chi connectivity index (χ2n) is 7.97. The first-order valence-electron chi connectivity index (χ1n) is 10.7. The average molecular weight is 426 g/mol. The van der Waals surface area contributed by atoms with Crippen LogP contribution in [0.5, 0.6) is 11.5 Å². The third kappa shape index (κ3) is 4.26. The Morgan fingerprint density at radius 3 is 2.74 bits per heavy atom. The fraction of sp³-hybridized carbons (Fsp3) is 0.435. The molecule has 2 heterocycles. The maximum atomic E-state index is 13.0. The Morgan fingerprint density at radius 2 is 2.06 bits per heavy atom. The fourth-order valence-corrected chi connectivity index (χ4v) is 4.52. The van der Waals surface area contributed by atoms with Gasteiger partial charge in [-0.2, -0.15) is 0 Å². The number of ketones is 1. The number of hydroxylamine groups is 1. The van der Waals surface area contributed by atoms with Crippen molar-refractivity contribution in [2.75, 3.05) is 6.61 Å². The largest absolute Gasteiger partial charge is 0.628 e. The summed E-state index contributed by atoms with van der Waals surface area (Å²) in [6, 6.07) is 7.24. The van der Waals surface area contributed by atoms with Crippen molar-refractivity contribution in [1.82, 2.24) is 4.98 Å². The number of nitrogens with zero attached hydrogens (tertiary/aromatic N) is 1. The van der Waals surface area contributed by atoms with Gasteiger partial charge in [-0.25, -0.2) is 4.98 Å². The van der Waals surface area contributed by atoms with Crippen molar-refractivity contribution in [3.8, 4) is 11.5 Å². The number of aliphatic carboxylic acids is 1. The zero-order valence-electron chi connectivity index (χ0n) is 17.4. The van der Waals surface area contributed by atoms with Gasteiger partial charge in [0, 0.05) is 12.3 Å². The van der Waals surface area contributed by atoms with Gasteiger partial charge in [0.2, 0.25) is 5.78 Å². The molecule has 3 unspecified atom stereocenters. The summed E-state index contributed by atoms with van der Waals surface area (Å²) in [5, 5.41) is 22.1. The summed E-state index contributed by atoms with van der Waals surface area (Å²) in [5.74, 6) is -1.25. The predicted octanol–water partition coefficient (Wildman–Crippen LogP) is 2.64. The third-order valence-corrected chi connectivity index (χ3v) is 5.96. The molecule has 1 aromatic carbocycles. The van der Waals surface area contributed by atoms with E-state index in [1.165, 1.54) is 6.20 Å². The molecule has 1 saturated carbocycles. The minimum absolute atomic E-state index is 0.110. The van der Waals surface area contributed by atoms with Gasteiger partial charge in [0.05, 0.1) is 25.0 Å². The Balaban J connectivity index is 1.68. The first-order chi connectivity index (χ1) is 15.0. The number of carbonyl (C=O) groups is 2. The van der Waals surface area contributed by atoms with Crippen LogP contribution >= 0.6 is 0 Å². The lowest BCUT2D eigenvalue weighted by atomic mass is 9.86. The Kier molecular flexibility index (Phi) is 6.20. The van der Waals surface area contributed by atoms with E-state index in [0.29, 0.717) is 23.7 Å². The Morgan fingerprint density at radius 1 is 1.29 bits per heavy atom. The molecule has 8 heteroatoms. The van der Waals surface area contributed by atoms with E-state index in [4.69, 9.17) is 9.47 Å². The zero-order valence-corrected chi connectivity index (χ0v) is 17.4. The highest BCUT2D eigenvalue weighted by Gasteiger charge is 2.46. The van der Waals surface area contributed by atoms with E-state index in [-0.39, 0.29) is 29.0 Å². The number of fused-ring (bicyclic) bond motifs is 1. The maximum Gasteiger partial charge on any atom is 0.304 e. The normalized spacial score (nSPS) is 21.7. The lowest BCUT2D eigenvalue weighted by Crippen LogP contribution is -3.06. The van der Waals surface area contributed by atoms with Crippen molar-refractivity contribution in [2.24, 2.45) is 0 Å². The Labute approximate surface area is 180 Å². The molecule has 1 aliphatic heterocycles. The number of hydrogen-bond acceptors (Lipinski definition) is 6. The summed E-state index contributed by atoms with van der Waals surface area (Å²) < 4.78 is 11.9. The van der Waals surface area contributed by atoms with E-state index in [2.05, 4.69) is 4.98 Å². The summed E-state index contributed by atoms with van der Waals surface area (Å²) in [6.45, 7) is 2.26. The van der Waals surface area contributed by atoms with E-state index >= 15 is 0 Å². The smallest absolute Gasteiger partial charge is 0.304 e. The van der Waals surface area contributed by atoms with E-state index < -0.39 is 23.7 Å². The first-order valence-corrected chi connectivity index (χ1v) is 10.7. The molecule has 2 aliphatic rings. The quantitative estimate of drug-likeness (QED) is 0.624. The number of ether oxygens (including phenoxy) is 2. The number of rotatable bonds is 8. The van der Waals surface area contributed by atoms with Crippen molar-refractivity contribution in [3.05, 3.63) is 53.0 Å². The van der Waals surface area contributed by atoms with Gasteiger partial charge in [-0.1, -0.05) is 6.07 Å². The van der Waals surface area contributed by atoms with E-state index in [1.807, 2.05) is 6.92 Å². The standard InChI is InChI=1S/C23H26N2O6/c1-2-30-19-12-14(9-10-18(19)31-15-6-3-4-7-15)16(13-20(26)27)22-23(28)21-17(25(22)29)8-5-11-24-21/h5,8-12,15-16,22,25H,2-4,6-7,13H2,1H3,(H,26,27). The van der Waals surface area contributed by atoms with Crippen LogP contribution in [0.15, 0.2) is 36.5 Å². The number of nitrogens with one attached hydrogen (secondary N) is 1. The van der Waals surface area contributed by atoms with E-state index in [9.17, 15) is 19.9 Å². The molecule has 8 nitrogen and oxygen atoms in total. The molecule has 2 N–H and O–H groups in total. The van der Waals surface area contributed by atoms with Crippen LogP contribution in [0.3, 0.4) is 0 Å². The molecule has 2 aromatic rings. The third-order valence-electron chi connectivity index (χ3n) is 5.96. The zero-order chi connectivity index (χ0) is 22.0. The van der Waals surface area contributed by atoms with Gasteiger partial charge in [0.15, 0.2) is 28.9 Å². The highest BCUT2D eigenvalue weighted by Crippen LogP contribution is 2.37. The second kappa shape index (κ2) is 9.03. The number of Topliss-reactive ketones (excluding diaryl/α,β-unsaturated/α-hetero) is 1. The lowest BCUT2D eigenvalue weighted by Gasteiger charge is -2.29. The highest BCUT2D eigenvalue weighted by molar-refractivity contribution is 6.04. The predicted molar refractivity (Wildman–Crippen MR) is 112 cm³/mol. The molecule has 3 atom stereocenters. The van der Waals surface area contributed by atoms with Gasteiger partial charge in [-0.05, 0) is 56.4 Å². The summed E-state index contributed by atoms with van der Waals surface area (Å²) in [7, 11) is 0. The van der Waals surface area contributed by atoms with Crippen molar-refractivity contribution >= 4 is 17.4 Å². The molecular formula is C23H26N2O6. The number of quaternary nitrogens is 1. The van der Waals surface area contributed by atoms with Gasteiger partial charge in [-0.15, -0.1) is 0 Å². The molecule has 1 aromatic heterocycles. The van der Waals surface area contributed by atoms with Gasteiger partial charge in [-0.3, -0.25) is 9.59 Å². The van der Waals surface area contributed by atoms with Gasteiger partial charge in [0.1, 0.15) is 0 Å². The van der Waals surface area contributed by atoms with Crippen LogP contribution < -0.4 is 14.5 Å². The van der Waals surface area contributed by atoms with Gasteiger partial charge < -0.3 is 24.9 Å². The molecule has 1 fully saturated rings. The lowest BCUT2D eigenvalue weighted by molar-refractivity contribution is -0.792. The minimum Gasteiger partial charge on any atom is -0.628 e. The van der Waals surface area contributed by atoms with Crippen LogP contribution in [0.25, 0.3) is 0 Å². The van der Waals surface area contributed by atoms with Crippen molar-refractivity contribution in [3.63, 3.8) is 0 Å². The first kappa shape index (κ1) is 21.3. The highest BCUT2D eigenvalue weighted by atomic mass is 16.5. The van der Waals surface area contributed by atoms with Crippen LogP contribution in [0, 0.1) is 5.21 Å². The van der Waals surface area contributed by atoms with Gasteiger partial charge >= 0.3 is 5.97 Å². The Bertz CT molecular complexity index is 972. The molecule has 4 rings (SSSR count). The van der Waals surface area contributed by atoms with E-state index in [0.717, 1.165) is 25.7 Å². The molecule has 0 bridgehead atoms. The molecule has 0 amide bonds. The van der Waals surface area contributed by atoms with Crippen molar-refractivity contribution in [1.29, 1.82) is 0 Å². The topological polar surface area (TPSA) is 113 Å². The number of benzene rings is 1. The number of carboxylic acid groups (broad SMARTS) is 1. The number of hydrogen-bond donors (Lipinski definition) is 2. The van der Waals surface area contributed by atoms with Crippen LogP contribution in [-0.2, 0) is 4.79 Å². The molecule has 31 heavy (non-hydrogen) atoms. The molecular weight excluding hydrogens is 400 g/mol. The SMILES string of the molecule is CCOc1cc(C(CC(=O)O)C2C(=O)c3ncccc3[NH+]2[O-])ccc1OC1CCCC1. The number of pyridine rings is 1.